The molecular formula is C17H27NO2. The molecule has 1 aliphatic rings. The van der Waals surface area contributed by atoms with E-state index in [9.17, 15) is 5.11 Å². The normalized spacial score (nSPS) is 24.6. The number of aliphatic hydroxyl groups is 2. The van der Waals surface area contributed by atoms with Crippen LogP contribution in [0.2, 0.25) is 0 Å². The topological polar surface area (TPSA) is 66.5 Å². The van der Waals surface area contributed by atoms with Crippen LogP contribution in [-0.4, -0.2) is 23.4 Å². The van der Waals surface area contributed by atoms with Gasteiger partial charge in [-0.3, -0.25) is 0 Å². The van der Waals surface area contributed by atoms with E-state index in [1.54, 1.807) is 0 Å². The molecule has 112 valence electrons. The summed E-state index contributed by atoms with van der Waals surface area (Å²) in [6.07, 6.45) is 5.80. The lowest BCUT2D eigenvalue weighted by Gasteiger charge is -2.31. The maximum Gasteiger partial charge on any atom is 0.0818 e. The summed E-state index contributed by atoms with van der Waals surface area (Å²) in [6, 6.07) is 8.21. The Kier molecular flexibility index (Phi) is 6.02. The highest BCUT2D eigenvalue weighted by molar-refractivity contribution is 5.24. The van der Waals surface area contributed by atoms with Gasteiger partial charge in [-0.05, 0) is 68.0 Å². The van der Waals surface area contributed by atoms with Crippen molar-refractivity contribution in [3.05, 3.63) is 35.4 Å². The number of nitrogens with two attached hydrogens (primary N) is 1. The van der Waals surface area contributed by atoms with Crippen molar-refractivity contribution in [2.45, 2.75) is 44.6 Å². The molecule has 0 spiro atoms. The zero-order valence-electron chi connectivity index (χ0n) is 12.2. The van der Waals surface area contributed by atoms with Crippen molar-refractivity contribution < 1.29 is 10.2 Å². The molecule has 0 radical (unpaired) electrons. The van der Waals surface area contributed by atoms with Gasteiger partial charge >= 0.3 is 0 Å². The Labute approximate surface area is 121 Å². The van der Waals surface area contributed by atoms with E-state index in [-0.39, 0.29) is 12.7 Å². The largest absolute Gasteiger partial charge is 0.396 e. The van der Waals surface area contributed by atoms with Gasteiger partial charge in [-0.1, -0.05) is 24.3 Å². The quantitative estimate of drug-likeness (QED) is 0.748. The van der Waals surface area contributed by atoms with E-state index < -0.39 is 0 Å². The third kappa shape index (κ3) is 4.05. The first-order valence-electron chi connectivity index (χ1n) is 7.82. The van der Waals surface area contributed by atoms with Gasteiger partial charge in [0.2, 0.25) is 0 Å². The van der Waals surface area contributed by atoms with Gasteiger partial charge in [0.05, 0.1) is 6.10 Å². The van der Waals surface area contributed by atoms with E-state index in [1.165, 1.54) is 5.56 Å². The van der Waals surface area contributed by atoms with Crippen molar-refractivity contribution in [3.63, 3.8) is 0 Å². The van der Waals surface area contributed by atoms with E-state index in [0.717, 1.165) is 50.6 Å². The molecule has 1 atom stereocenters. The van der Waals surface area contributed by atoms with Crippen LogP contribution in [0.15, 0.2) is 24.3 Å². The van der Waals surface area contributed by atoms with Gasteiger partial charge < -0.3 is 15.9 Å². The Balaban J connectivity index is 1.90. The summed E-state index contributed by atoms with van der Waals surface area (Å²) < 4.78 is 0. The van der Waals surface area contributed by atoms with E-state index in [2.05, 4.69) is 12.1 Å². The van der Waals surface area contributed by atoms with Crippen molar-refractivity contribution >= 4 is 0 Å². The molecule has 1 unspecified atom stereocenters. The average molecular weight is 277 g/mol. The molecule has 1 saturated carbocycles. The van der Waals surface area contributed by atoms with Gasteiger partial charge in [0.1, 0.15) is 0 Å². The van der Waals surface area contributed by atoms with Crippen molar-refractivity contribution in [1.82, 2.24) is 0 Å². The van der Waals surface area contributed by atoms with Crippen LogP contribution in [0.4, 0.5) is 0 Å². The fourth-order valence-corrected chi connectivity index (χ4v) is 3.18. The number of benzene rings is 1. The second-order valence-electron chi connectivity index (χ2n) is 6.03. The van der Waals surface area contributed by atoms with Crippen LogP contribution in [0.1, 0.15) is 49.3 Å². The monoisotopic (exact) mass is 277 g/mol. The Bertz CT molecular complexity index is 382. The van der Waals surface area contributed by atoms with Crippen LogP contribution < -0.4 is 5.73 Å². The van der Waals surface area contributed by atoms with Crippen LogP contribution in [0, 0.1) is 11.8 Å². The van der Waals surface area contributed by atoms with Crippen molar-refractivity contribution in [3.8, 4) is 0 Å². The van der Waals surface area contributed by atoms with Gasteiger partial charge in [0, 0.05) is 6.61 Å². The molecule has 0 amide bonds. The highest BCUT2D eigenvalue weighted by Gasteiger charge is 2.26. The predicted octanol–water partition coefficient (Wildman–Crippen LogP) is 2.41. The third-order valence-corrected chi connectivity index (χ3v) is 4.62. The minimum atomic E-state index is -0.347. The molecular weight excluding hydrogens is 250 g/mol. The molecule has 1 fully saturated rings. The second-order valence-corrected chi connectivity index (χ2v) is 6.03. The lowest BCUT2D eigenvalue weighted by molar-refractivity contribution is 0.0744. The zero-order valence-corrected chi connectivity index (χ0v) is 12.2. The summed E-state index contributed by atoms with van der Waals surface area (Å²) in [7, 11) is 0. The Morgan fingerprint density at radius 2 is 1.75 bits per heavy atom. The number of aliphatic hydroxyl groups excluding tert-OH is 2. The van der Waals surface area contributed by atoms with E-state index in [1.807, 2.05) is 12.1 Å². The van der Waals surface area contributed by atoms with Crippen LogP contribution in [0.3, 0.4) is 0 Å². The fraction of sp³-hybridized carbons (Fsp3) is 0.647. The molecule has 20 heavy (non-hydrogen) atoms. The fourth-order valence-electron chi connectivity index (χ4n) is 3.18. The third-order valence-electron chi connectivity index (χ3n) is 4.62. The lowest BCUT2D eigenvalue weighted by atomic mass is 9.78. The van der Waals surface area contributed by atoms with Gasteiger partial charge in [0.25, 0.3) is 0 Å². The van der Waals surface area contributed by atoms with Crippen molar-refractivity contribution in [1.29, 1.82) is 0 Å². The maximum absolute atomic E-state index is 10.5. The predicted molar refractivity (Wildman–Crippen MR) is 81.3 cm³/mol. The first-order chi connectivity index (χ1) is 9.74. The lowest BCUT2D eigenvalue weighted by Crippen LogP contribution is -2.24. The Morgan fingerprint density at radius 3 is 2.30 bits per heavy atom. The second kappa shape index (κ2) is 7.77. The summed E-state index contributed by atoms with van der Waals surface area (Å²) in [5.74, 6) is 1.03. The molecule has 1 aliphatic carbocycles. The smallest absolute Gasteiger partial charge is 0.0818 e. The number of hydrogen-bond acceptors (Lipinski definition) is 3. The molecule has 0 saturated heterocycles. The van der Waals surface area contributed by atoms with Crippen LogP contribution in [0.5, 0.6) is 0 Å². The highest BCUT2D eigenvalue weighted by atomic mass is 16.3. The first-order valence-corrected chi connectivity index (χ1v) is 7.82. The average Bonchev–Trinajstić information content (AvgIpc) is 2.53. The molecule has 1 aromatic rings. The Hall–Kier alpha value is -0.900. The van der Waals surface area contributed by atoms with Gasteiger partial charge in [-0.15, -0.1) is 0 Å². The molecule has 3 nitrogen and oxygen atoms in total. The standard InChI is InChI=1S/C17H27NO2/c18-12-14-5-9-16(10-6-14)17(20)15-7-3-13(4-8-15)2-1-11-19/h3-4,7-8,14,16-17,19-20H,1-2,5-6,9-12,18H2. The molecule has 0 aromatic heterocycles. The summed E-state index contributed by atoms with van der Waals surface area (Å²) in [5, 5.41) is 19.3. The van der Waals surface area contributed by atoms with Crippen molar-refractivity contribution in [2.75, 3.05) is 13.2 Å². The summed E-state index contributed by atoms with van der Waals surface area (Å²) in [6.45, 7) is 1.01. The maximum atomic E-state index is 10.5. The van der Waals surface area contributed by atoms with Gasteiger partial charge in [-0.25, -0.2) is 0 Å². The Morgan fingerprint density at radius 1 is 1.10 bits per heavy atom. The highest BCUT2D eigenvalue weighted by Crippen LogP contribution is 2.36. The summed E-state index contributed by atoms with van der Waals surface area (Å²) in [5.41, 5.74) is 7.96. The van der Waals surface area contributed by atoms with Crippen molar-refractivity contribution in [2.24, 2.45) is 17.6 Å². The molecule has 3 heteroatoms. The minimum absolute atomic E-state index is 0.231. The summed E-state index contributed by atoms with van der Waals surface area (Å²) in [4.78, 5) is 0. The SMILES string of the molecule is NCC1CCC(C(O)c2ccc(CCCO)cc2)CC1. The first kappa shape index (κ1) is 15.5. The van der Waals surface area contributed by atoms with Crippen LogP contribution >= 0.6 is 0 Å². The minimum Gasteiger partial charge on any atom is -0.396 e. The molecule has 1 aromatic carbocycles. The summed E-state index contributed by atoms with van der Waals surface area (Å²) >= 11 is 0. The number of hydrogen-bond donors (Lipinski definition) is 3. The van der Waals surface area contributed by atoms with E-state index >= 15 is 0 Å². The van der Waals surface area contributed by atoms with Gasteiger partial charge in [0.15, 0.2) is 0 Å². The molecule has 0 bridgehead atoms. The molecule has 2 rings (SSSR count). The van der Waals surface area contributed by atoms with E-state index in [4.69, 9.17) is 10.8 Å². The number of rotatable bonds is 6. The number of aryl methyl sites for hydroxylation is 1. The van der Waals surface area contributed by atoms with Crippen LogP contribution in [0.25, 0.3) is 0 Å². The van der Waals surface area contributed by atoms with Gasteiger partial charge in [-0.2, -0.15) is 0 Å². The molecule has 0 aliphatic heterocycles. The zero-order chi connectivity index (χ0) is 14.4. The van der Waals surface area contributed by atoms with E-state index in [0.29, 0.717) is 11.8 Å². The van der Waals surface area contributed by atoms with Crippen LogP contribution in [-0.2, 0) is 6.42 Å². The molecule has 4 N–H and O–H groups in total. The molecule has 0 heterocycles.